The molecule has 1 N–H and O–H groups in total. The molecular weight excluding hydrogens is 545 g/mol. The summed E-state index contributed by atoms with van der Waals surface area (Å²) in [6.07, 6.45) is 3.78. The number of rotatable bonds is 5. The molecule has 4 aromatic rings. The van der Waals surface area contributed by atoms with Gasteiger partial charge in [0.2, 0.25) is 0 Å². The van der Waals surface area contributed by atoms with Gasteiger partial charge in [-0.05, 0) is 46.5 Å². The maximum absolute atomic E-state index is 6.45. The van der Waals surface area contributed by atoms with Crippen LogP contribution in [0.5, 0.6) is 0 Å². The average molecular weight is 566 g/mol. The van der Waals surface area contributed by atoms with Gasteiger partial charge in [0, 0.05) is 42.3 Å². The molecule has 1 fully saturated rings. The summed E-state index contributed by atoms with van der Waals surface area (Å²) < 4.78 is 2.68. The van der Waals surface area contributed by atoms with Crippen LogP contribution in [0.15, 0.2) is 59.2 Å². The Balaban J connectivity index is 1.34. The minimum atomic E-state index is 0.323. The SMILES string of the molecule is Clc1ccccc1-c1cc(NC2CCN(Cc3cccc(Cl)c3Cl)CC2)n2ncc(Br)c2n1. The molecule has 2 aromatic carbocycles. The third kappa shape index (κ3) is 4.86. The van der Waals surface area contributed by atoms with Gasteiger partial charge in [-0.3, -0.25) is 4.90 Å². The van der Waals surface area contributed by atoms with E-state index in [4.69, 9.17) is 39.8 Å². The number of hydrogen-bond donors (Lipinski definition) is 1. The highest BCUT2D eigenvalue weighted by atomic mass is 79.9. The zero-order chi connectivity index (χ0) is 22.9. The molecular formula is C24H21BrCl3N5. The normalized spacial score (nSPS) is 15.3. The van der Waals surface area contributed by atoms with Gasteiger partial charge >= 0.3 is 0 Å². The molecule has 1 saturated heterocycles. The Bertz CT molecular complexity index is 1300. The highest BCUT2D eigenvalue weighted by Gasteiger charge is 2.22. The molecule has 9 heteroatoms. The molecule has 0 bridgehead atoms. The molecule has 1 aliphatic heterocycles. The van der Waals surface area contributed by atoms with Crippen molar-refractivity contribution in [1.82, 2.24) is 19.5 Å². The summed E-state index contributed by atoms with van der Waals surface area (Å²) in [6, 6.07) is 15.9. The molecule has 1 aliphatic rings. The van der Waals surface area contributed by atoms with Crippen LogP contribution in [-0.2, 0) is 6.54 Å². The van der Waals surface area contributed by atoms with Crippen molar-refractivity contribution in [3.8, 4) is 11.3 Å². The first-order valence-electron chi connectivity index (χ1n) is 10.7. The monoisotopic (exact) mass is 563 g/mol. The number of likely N-dealkylation sites (tertiary alicyclic amines) is 1. The van der Waals surface area contributed by atoms with Crippen LogP contribution in [0.2, 0.25) is 15.1 Å². The van der Waals surface area contributed by atoms with E-state index in [1.807, 2.05) is 53.0 Å². The molecule has 0 spiro atoms. The molecule has 3 heterocycles. The molecule has 33 heavy (non-hydrogen) atoms. The third-order valence-corrected chi connectivity index (χ3v) is 7.69. The van der Waals surface area contributed by atoms with Crippen molar-refractivity contribution in [3.05, 3.63) is 79.8 Å². The summed E-state index contributed by atoms with van der Waals surface area (Å²) in [5, 5.41) is 10.1. The number of hydrogen-bond acceptors (Lipinski definition) is 4. The van der Waals surface area contributed by atoms with E-state index in [2.05, 4.69) is 31.2 Å². The van der Waals surface area contributed by atoms with Crippen LogP contribution in [0.25, 0.3) is 16.9 Å². The minimum absolute atomic E-state index is 0.323. The van der Waals surface area contributed by atoms with Crippen LogP contribution in [0.3, 0.4) is 0 Å². The van der Waals surface area contributed by atoms with Crippen molar-refractivity contribution in [2.24, 2.45) is 0 Å². The van der Waals surface area contributed by atoms with Gasteiger partial charge in [0.25, 0.3) is 0 Å². The first kappa shape index (κ1) is 22.9. The van der Waals surface area contributed by atoms with E-state index in [1.165, 1.54) is 0 Å². The predicted octanol–water partition coefficient (Wildman–Crippen LogP) is 7.20. The van der Waals surface area contributed by atoms with Crippen molar-refractivity contribution in [1.29, 1.82) is 0 Å². The molecule has 0 atom stereocenters. The molecule has 0 saturated carbocycles. The van der Waals surface area contributed by atoms with Gasteiger partial charge in [-0.15, -0.1) is 0 Å². The van der Waals surface area contributed by atoms with E-state index in [9.17, 15) is 0 Å². The molecule has 0 radical (unpaired) electrons. The van der Waals surface area contributed by atoms with Crippen molar-refractivity contribution in [3.63, 3.8) is 0 Å². The van der Waals surface area contributed by atoms with E-state index in [1.54, 1.807) is 6.20 Å². The van der Waals surface area contributed by atoms with Crippen LogP contribution < -0.4 is 5.32 Å². The minimum Gasteiger partial charge on any atom is -0.367 e. The fourth-order valence-electron chi connectivity index (χ4n) is 4.20. The lowest BCUT2D eigenvalue weighted by atomic mass is 10.0. The quantitative estimate of drug-likeness (QED) is 0.278. The largest absolute Gasteiger partial charge is 0.367 e. The Labute approximate surface area is 215 Å². The Morgan fingerprint density at radius 3 is 2.55 bits per heavy atom. The molecule has 0 unspecified atom stereocenters. The molecule has 0 amide bonds. The molecule has 5 rings (SSSR count). The van der Waals surface area contributed by atoms with Crippen molar-refractivity contribution >= 4 is 62.2 Å². The topological polar surface area (TPSA) is 45.5 Å². The maximum atomic E-state index is 6.45. The van der Waals surface area contributed by atoms with Crippen LogP contribution in [0.4, 0.5) is 5.82 Å². The van der Waals surface area contributed by atoms with Crippen molar-refractivity contribution < 1.29 is 0 Å². The zero-order valence-electron chi connectivity index (χ0n) is 17.6. The lowest BCUT2D eigenvalue weighted by molar-refractivity contribution is 0.211. The number of halogens is 4. The molecule has 0 aliphatic carbocycles. The van der Waals surface area contributed by atoms with E-state index in [0.717, 1.165) is 65.2 Å². The fraction of sp³-hybridized carbons (Fsp3) is 0.250. The van der Waals surface area contributed by atoms with Crippen LogP contribution in [-0.4, -0.2) is 38.6 Å². The molecule has 5 nitrogen and oxygen atoms in total. The van der Waals surface area contributed by atoms with Crippen LogP contribution in [0, 0.1) is 0 Å². The predicted molar refractivity (Wildman–Crippen MR) is 140 cm³/mol. The second kappa shape index (κ2) is 9.80. The fourth-order valence-corrected chi connectivity index (χ4v) is 5.16. The first-order valence-corrected chi connectivity index (χ1v) is 12.6. The van der Waals surface area contributed by atoms with E-state index in [-0.39, 0.29) is 0 Å². The molecule has 170 valence electrons. The van der Waals surface area contributed by atoms with Gasteiger partial charge in [0.05, 0.1) is 26.4 Å². The summed E-state index contributed by atoms with van der Waals surface area (Å²) >= 11 is 22.6. The Kier molecular flexibility index (Phi) is 6.81. The highest BCUT2D eigenvalue weighted by molar-refractivity contribution is 9.10. The third-order valence-electron chi connectivity index (χ3n) is 5.94. The summed E-state index contributed by atoms with van der Waals surface area (Å²) in [5.41, 5.74) is 3.52. The second-order valence-corrected chi connectivity index (χ2v) is 10.2. The van der Waals surface area contributed by atoms with Gasteiger partial charge < -0.3 is 5.32 Å². The zero-order valence-corrected chi connectivity index (χ0v) is 21.5. The first-order chi connectivity index (χ1) is 16.0. The summed E-state index contributed by atoms with van der Waals surface area (Å²) in [4.78, 5) is 7.21. The van der Waals surface area contributed by atoms with Crippen molar-refractivity contribution in [2.75, 3.05) is 18.4 Å². The Hall–Kier alpha value is -1.83. The lowest BCUT2D eigenvalue weighted by Gasteiger charge is -2.33. The highest BCUT2D eigenvalue weighted by Crippen LogP contribution is 2.31. The summed E-state index contributed by atoms with van der Waals surface area (Å²) in [7, 11) is 0. The number of nitrogens with zero attached hydrogens (tertiary/aromatic N) is 4. The molecule has 2 aromatic heterocycles. The van der Waals surface area contributed by atoms with Gasteiger partial charge in [-0.25, -0.2) is 4.98 Å². The Morgan fingerprint density at radius 2 is 1.76 bits per heavy atom. The van der Waals surface area contributed by atoms with E-state index >= 15 is 0 Å². The Morgan fingerprint density at radius 1 is 1.00 bits per heavy atom. The second-order valence-electron chi connectivity index (χ2n) is 8.14. The summed E-state index contributed by atoms with van der Waals surface area (Å²) in [6.45, 7) is 2.73. The summed E-state index contributed by atoms with van der Waals surface area (Å²) in [5.74, 6) is 0.900. The lowest BCUT2D eigenvalue weighted by Crippen LogP contribution is -2.39. The van der Waals surface area contributed by atoms with E-state index in [0.29, 0.717) is 21.1 Å². The van der Waals surface area contributed by atoms with Gasteiger partial charge in [-0.2, -0.15) is 9.61 Å². The van der Waals surface area contributed by atoms with Crippen LogP contribution in [0.1, 0.15) is 18.4 Å². The average Bonchev–Trinajstić information content (AvgIpc) is 3.19. The van der Waals surface area contributed by atoms with Gasteiger partial charge in [0.15, 0.2) is 5.65 Å². The smallest absolute Gasteiger partial charge is 0.172 e. The number of benzene rings is 2. The van der Waals surface area contributed by atoms with Gasteiger partial charge in [-0.1, -0.05) is 65.1 Å². The number of aromatic nitrogens is 3. The number of piperidine rings is 1. The van der Waals surface area contributed by atoms with Crippen LogP contribution >= 0.6 is 50.7 Å². The van der Waals surface area contributed by atoms with E-state index < -0.39 is 0 Å². The maximum Gasteiger partial charge on any atom is 0.172 e. The van der Waals surface area contributed by atoms with Crippen molar-refractivity contribution in [2.45, 2.75) is 25.4 Å². The number of fused-ring (bicyclic) bond motifs is 1. The number of nitrogens with one attached hydrogen (secondary N) is 1. The number of anilines is 1. The standard InChI is InChI=1S/C24H21BrCl3N5/c25-18-13-29-33-22(12-21(31-24(18)33)17-5-1-2-6-19(17)26)30-16-8-10-32(11-9-16)14-15-4-3-7-20(27)23(15)28/h1-7,12-13,16,30H,8-11,14H2. The van der Waals surface area contributed by atoms with Gasteiger partial charge in [0.1, 0.15) is 5.82 Å².